The van der Waals surface area contributed by atoms with Gasteiger partial charge in [0.1, 0.15) is 0 Å². The van der Waals surface area contributed by atoms with Crippen molar-refractivity contribution in [3.63, 3.8) is 0 Å². The van der Waals surface area contributed by atoms with Crippen molar-refractivity contribution < 1.29 is 51.0 Å². The molecule has 0 saturated heterocycles. The first-order valence-corrected chi connectivity index (χ1v) is 6.24. The molecule has 0 heterocycles. The maximum atomic E-state index is 3.30. The fourth-order valence-electron chi connectivity index (χ4n) is 1.73. The van der Waals surface area contributed by atoms with Crippen molar-refractivity contribution in [2.24, 2.45) is 0 Å². The summed E-state index contributed by atoms with van der Waals surface area (Å²) in [5, 5.41) is 0. The monoisotopic (exact) mass is 374 g/mol. The topological polar surface area (TPSA) is 0 Å². The number of unbranched alkanes of at least 4 members (excludes halogenated alkanes) is 1. The molecular formula is C16H22Cl2Zr. The number of hydrogen-bond acceptors (Lipinski definition) is 0. The second kappa shape index (κ2) is 14.8. The summed E-state index contributed by atoms with van der Waals surface area (Å²) in [6.07, 6.45) is 19.0. The van der Waals surface area contributed by atoms with Gasteiger partial charge in [-0.05, 0) is 0 Å². The molecule has 0 aromatic carbocycles. The van der Waals surface area contributed by atoms with E-state index in [0.29, 0.717) is 0 Å². The number of rotatable bonds is 3. The standard InChI is InChI=1S/C9H13.C7H9.2ClH.Zr/c1-2-3-6-9-7-4-5-8-9;1-6-3-4-7(2)5-6;;;/h4,7H,2-3,5-6H2,1H3;3H,4H2,1-2H3;2*1H;/q2*-1;;;+4/p-2. The van der Waals surface area contributed by atoms with E-state index in [1.54, 1.807) is 0 Å². The van der Waals surface area contributed by atoms with E-state index in [0.717, 1.165) is 12.8 Å². The normalized spacial score (nSPS) is 14.8. The average molecular weight is 376 g/mol. The third-order valence-electron chi connectivity index (χ3n) is 2.69. The van der Waals surface area contributed by atoms with Gasteiger partial charge in [0.15, 0.2) is 0 Å². The Morgan fingerprint density at radius 1 is 1.21 bits per heavy atom. The van der Waals surface area contributed by atoms with Gasteiger partial charge in [-0.1, -0.05) is 46.5 Å². The largest absolute Gasteiger partial charge is 4.00 e. The molecule has 0 aliphatic heterocycles. The summed E-state index contributed by atoms with van der Waals surface area (Å²) in [6, 6.07) is 0. The van der Waals surface area contributed by atoms with Crippen LogP contribution in [0.4, 0.5) is 0 Å². The minimum absolute atomic E-state index is 0. The van der Waals surface area contributed by atoms with Gasteiger partial charge in [0, 0.05) is 0 Å². The molecule has 2 aliphatic carbocycles. The van der Waals surface area contributed by atoms with E-state index in [1.165, 1.54) is 36.0 Å². The van der Waals surface area contributed by atoms with Gasteiger partial charge in [-0.15, -0.1) is 6.42 Å². The molecule has 0 radical (unpaired) electrons. The molecule has 0 spiro atoms. The Bertz CT molecular complexity index is 339. The molecule has 104 valence electrons. The molecule has 19 heavy (non-hydrogen) atoms. The van der Waals surface area contributed by atoms with E-state index in [1.807, 2.05) is 0 Å². The van der Waals surface area contributed by atoms with Gasteiger partial charge < -0.3 is 24.8 Å². The Morgan fingerprint density at radius 3 is 2.21 bits per heavy atom. The Hall–Kier alpha value is 0.423. The van der Waals surface area contributed by atoms with E-state index >= 15 is 0 Å². The molecule has 0 saturated carbocycles. The van der Waals surface area contributed by atoms with Crippen molar-refractivity contribution in [2.75, 3.05) is 0 Å². The first-order valence-electron chi connectivity index (χ1n) is 6.24. The van der Waals surface area contributed by atoms with Crippen LogP contribution in [0.5, 0.6) is 0 Å². The van der Waals surface area contributed by atoms with Gasteiger partial charge in [0.05, 0.1) is 0 Å². The van der Waals surface area contributed by atoms with Crippen molar-refractivity contribution in [1.82, 2.24) is 0 Å². The molecule has 0 atom stereocenters. The van der Waals surface area contributed by atoms with E-state index < -0.39 is 0 Å². The van der Waals surface area contributed by atoms with Crippen LogP contribution in [0.1, 0.15) is 52.9 Å². The predicted molar refractivity (Wildman–Crippen MR) is 70.8 cm³/mol. The molecular weight excluding hydrogens is 354 g/mol. The Balaban J connectivity index is -0.000000237. The molecule has 0 aromatic heterocycles. The second-order valence-corrected chi connectivity index (χ2v) is 4.41. The molecule has 2 rings (SSSR count). The summed E-state index contributed by atoms with van der Waals surface area (Å²) >= 11 is 0. The van der Waals surface area contributed by atoms with Crippen LogP contribution in [0.3, 0.4) is 0 Å². The molecule has 3 heteroatoms. The molecule has 0 unspecified atom stereocenters. The molecule has 0 aromatic rings. The van der Waals surface area contributed by atoms with Crippen LogP contribution in [0.15, 0.2) is 34.9 Å². The van der Waals surface area contributed by atoms with Crippen molar-refractivity contribution in [3.05, 3.63) is 47.1 Å². The maximum absolute atomic E-state index is 3.30. The van der Waals surface area contributed by atoms with Gasteiger partial charge in [-0.2, -0.15) is 11.6 Å². The number of hydrogen-bond donors (Lipinski definition) is 0. The van der Waals surface area contributed by atoms with Crippen LogP contribution in [0.25, 0.3) is 0 Å². The molecule has 0 N–H and O–H groups in total. The van der Waals surface area contributed by atoms with E-state index in [2.05, 4.69) is 51.2 Å². The van der Waals surface area contributed by atoms with Crippen molar-refractivity contribution in [2.45, 2.75) is 52.9 Å². The fourth-order valence-corrected chi connectivity index (χ4v) is 1.73. The Morgan fingerprint density at radius 2 is 1.89 bits per heavy atom. The van der Waals surface area contributed by atoms with Crippen LogP contribution < -0.4 is 24.8 Å². The van der Waals surface area contributed by atoms with Gasteiger partial charge in [0.2, 0.25) is 0 Å². The minimum atomic E-state index is 0. The fraction of sp³-hybridized carbons (Fsp3) is 0.500. The van der Waals surface area contributed by atoms with Crippen LogP contribution in [0, 0.1) is 12.2 Å². The maximum Gasteiger partial charge on any atom is 4.00 e. The summed E-state index contributed by atoms with van der Waals surface area (Å²) in [4.78, 5) is 0. The van der Waals surface area contributed by atoms with Crippen LogP contribution >= 0.6 is 0 Å². The van der Waals surface area contributed by atoms with Gasteiger partial charge in [0.25, 0.3) is 0 Å². The SMILES string of the molecule is CC1=[C-]C(C)=CC1.CCCCC1=[C-]CC=C1.[Cl-].[Cl-].[Zr+4]. The van der Waals surface area contributed by atoms with Gasteiger partial charge in [-0.25, -0.2) is 23.3 Å². The van der Waals surface area contributed by atoms with Crippen molar-refractivity contribution in [1.29, 1.82) is 0 Å². The summed E-state index contributed by atoms with van der Waals surface area (Å²) in [7, 11) is 0. The van der Waals surface area contributed by atoms with E-state index in [4.69, 9.17) is 0 Å². The first-order chi connectivity index (χ1) is 7.72. The third kappa shape index (κ3) is 11.9. The first kappa shape index (κ1) is 24.4. The molecule has 0 nitrogen and oxygen atoms in total. The molecule has 0 amide bonds. The minimum Gasteiger partial charge on any atom is -1.00 e. The smallest absolute Gasteiger partial charge is 1.00 e. The van der Waals surface area contributed by atoms with Crippen LogP contribution in [0.2, 0.25) is 0 Å². The van der Waals surface area contributed by atoms with Gasteiger partial charge in [-0.3, -0.25) is 12.2 Å². The molecule has 0 bridgehead atoms. The predicted octanol–water partition coefficient (Wildman–Crippen LogP) is -1.04. The summed E-state index contributed by atoms with van der Waals surface area (Å²) in [5.41, 5.74) is 4.06. The Kier molecular flexibility index (Phi) is 19.1. The van der Waals surface area contributed by atoms with Crippen LogP contribution in [-0.2, 0) is 26.2 Å². The summed E-state index contributed by atoms with van der Waals surface area (Å²) in [5.74, 6) is 0. The van der Waals surface area contributed by atoms with Crippen molar-refractivity contribution in [3.8, 4) is 0 Å². The zero-order valence-corrected chi connectivity index (χ0v) is 16.0. The zero-order valence-electron chi connectivity index (χ0n) is 12.0. The second-order valence-electron chi connectivity index (χ2n) is 4.41. The number of halogens is 2. The average Bonchev–Trinajstić information content (AvgIpc) is 2.88. The Labute approximate surface area is 150 Å². The number of allylic oxidation sites excluding steroid dienone is 8. The zero-order chi connectivity index (χ0) is 11.8. The summed E-state index contributed by atoms with van der Waals surface area (Å²) in [6.45, 7) is 6.41. The molecule has 2 aliphatic rings. The van der Waals surface area contributed by atoms with E-state index in [9.17, 15) is 0 Å². The molecule has 0 fully saturated rings. The van der Waals surface area contributed by atoms with Crippen molar-refractivity contribution >= 4 is 0 Å². The van der Waals surface area contributed by atoms with Crippen LogP contribution in [-0.4, -0.2) is 0 Å². The summed E-state index contributed by atoms with van der Waals surface area (Å²) < 4.78 is 0. The van der Waals surface area contributed by atoms with E-state index in [-0.39, 0.29) is 51.0 Å². The third-order valence-corrected chi connectivity index (χ3v) is 2.69. The van der Waals surface area contributed by atoms with Gasteiger partial charge >= 0.3 is 26.2 Å². The quantitative estimate of drug-likeness (QED) is 0.552.